The van der Waals surface area contributed by atoms with E-state index < -0.39 is 28.8 Å². The maximum atomic E-state index is 14.1. The first-order valence-electron chi connectivity index (χ1n) is 9.49. The molecule has 174 valence electrons. The van der Waals surface area contributed by atoms with Crippen LogP contribution in [0.25, 0.3) is 0 Å². The molecule has 0 aromatic heterocycles. The van der Waals surface area contributed by atoms with E-state index in [1.165, 1.54) is 49.6 Å². The van der Waals surface area contributed by atoms with Crippen molar-refractivity contribution in [2.75, 3.05) is 18.2 Å². The van der Waals surface area contributed by atoms with Crippen LogP contribution < -0.4 is 15.8 Å². The SMILES string of the molecule is COc1c(N)cccc1C(=O)Nc1c(Cl)cc(C(O)(c2ccc(C)cc2)C(F)(F)F)cc1Cl. The largest absolute Gasteiger partial charge is 0.494 e. The number of nitrogens with two attached hydrogens (primary N) is 1. The molecule has 0 saturated heterocycles. The number of hydrogen-bond donors (Lipinski definition) is 3. The van der Waals surface area contributed by atoms with Crippen molar-refractivity contribution in [3.05, 3.63) is 86.9 Å². The second-order valence-corrected chi connectivity index (χ2v) is 8.09. The van der Waals surface area contributed by atoms with Gasteiger partial charge in [0.15, 0.2) is 5.75 Å². The number of benzene rings is 3. The lowest BCUT2D eigenvalue weighted by atomic mass is 9.85. The number of rotatable bonds is 5. The van der Waals surface area contributed by atoms with Crippen molar-refractivity contribution in [1.82, 2.24) is 0 Å². The molecule has 10 heteroatoms. The number of ether oxygens (including phenoxy) is 1. The Morgan fingerprint density at radius 3 is 2.12 bits per heavy atom. The van der Waals surface area contributed by atoms with Crippen LogP contribution in [0.15, 0.2) is 54.6 Å². The number of alkyl halides is 3. The highest BCUT2D eigenvalue weighted by Crippen LogP contribution is 2.47. The van der Waals surface area contributed by atoms with E-state index in [9.17, 15) is 23.1 Å². The molecule has 0 aliphatic carbocycles. The lowest BCUT2D eigenvalue weighted by molar-refractivity contribution is -0.248. The van der Waals surface area contributed by atoms with Crippen molar-refractivity contribution in [3.8, 4) is 5.75 Å². The van der Waals surface area contributed by atoms with Gasteiger partial charge in [-0.1, -0.05) is 59.1 Å². The van der Waals surface area contributed by atoms with Gasteiger partial charge in [0.2, 0.25) is 5.60 Å². The smallest absolute Gasteiger partial charge is 0.425 e. The average Bonchev–Trinajstić information content (AvgIpc) is 2.74. The lowest BCUT2D eigenvalue weighted by Gasteiger charge is -2.32. The van der Waals surface area contributed by atoms with Gasteiger partial charge in [-0.05, 0) is 36.8 Å². The predicted molar refractivity (Wildman–Crippen MR) is 122 cm³/mol. The first-order valence-corrected chi connectivity index (χ1v) is 10.2. The minimum Gasteiger partial charge on any atom is -0.494 e. The van der Waals surface area contributed by atoms with E-state index in [4.69, 9.17) is 33.7 Å². The number of nitrogen functional groups attached to an aromatic ring is 1. The fourth-order valence-corrected chi connectivity index (χ4v) is 3.91. The minimum absolute atomic E-state index is 0.0696. The summed E-state index contributed by atoms with van der Waals surface area (Å²) in [5.74, 6) is -0.579. The van der Waals surface area contributed by atoms with Crippen LogP contribution >= 0.6 is 23.2 Å². The fraction of sp³-hybridized carbons (Fsp3) is 0.174. The fourth-order valence-electron chi connectivity index (χ4n) is 3.33. The molecule has 4 N–H and O–H groups in total. The van der Waals surface area contributed by atoms with E-state index in [1.54, 1.807) is 6.92 Å². The van der Waals surface area contributed by atoms with Gasteiger partial charge in [0.25, 0.3) is 5.91 Å². The van der Waals surface area contributed by atoms with E-state index in [-0.39, 0.29) is 32.7 Å². The van der Waals surface area contributed by atoms with Crippen molar-refractivity contribution in [2.24, 2.45) is 0 Å². The second kappa shape index (κ2) is 9.13. The van der Waals surface area contributed by atoms with Crippen molar-refractivity contribution in [1.29, 1.82) is 0 Å². The van der Waals surface area contributed by atoms with Crippen molar-refractivity contribution in [2.45, 2.75) is 18.7 Å². The highest BCUT2D eigenvalue weighted by atomic mass is 35.5. The van der Waals surface area contributed by atoms with Gasteiger partial charge in [-0.25, -0.2) is 0 Å². The Kier molecular flexibility index (Phi) is 6.83. The molecular weight excluding hydrogens is 480 g/mol. The number of aryl methyl sites for hydroxylation is 1. The van der Waals surface area contributed by atoms with Crippen LogP contribution in [0.4, 0.5) is 24.5 Å². The van der Waals surface area contributed by atoms with E-state index in [1.807, 2.05) is 0 Å². The molecule has 0 heterocycles. The van der Waals surface area contributed by atoms with E-state index in [0.29, 0.717) is 0 Å². The summed E-state index contributed by atoms with van der Waals surface area (Å²) in [4.78, 5) is 12.8. The Labute approximate surface area is 197 Å². The molecule has 1 atom stereocenters. The Morgan fingerprint density at radius 2 is 1.61 bits per heavy atom. The zero-order valence-corrected chi connectivity index (χ0v) is 18.9. The molecule has 3 rings (SSSR count). The van der Waals surface area contributed by atoms with Crippen LogP contribution in [-0.2, 0) is 5.60 Å². The highest BCUT2D eigenvalue weighted by molar-refractivity contribution is 6.40. The van der Waals surface area contributed by atoms with Crippen LogP contribution in [0, 0.1) is 6.92 Å². The van der Waals surface area contributed by atoms with E-state index in [2.05, 4.69) is 5.32 Å². The monoisotopic (exact) mass is 498 g/mol. The second-order valence-electron chi connectivity index (χ2n) is 7.27. The van der Waals surface area contributed by atoms with Crippen LogP contribution in [0.3, 0.4) is 0 Å². The molecule has 0 aliphatic rings. The number of anilines is 2. The minimum atomic E-state index is -5.09. The van der Waals surface area contributed by atoms with Gasteiger partial charge in [-0.3, -0.25) is 4.79 Å². The third-order valence-corrected chi connectivity index (χ3v) is 5.67. The molecule has 33 heavy (non-hydrogen) atoms. The predicted octanol–water partition coefficient (Wildman–Crippen LogP) is 5.94. The number of aliphatic hydroxyl groups is 1. The quantitative estimate of drug-likeness (QED) is 0.380. The number of amides is 1. The van der Waals surface area contributed by atoms with E-state index >= 15 is 0 Å². The molecule has 3 aromatic rings. The zero-order chi connectivity index (χ0) is 24.6. The summed E-state index contributed by atoms with van der Waals surface area (Å²) in [6, 6.07) is 11.6. The molecule has 1 unspecified atom stereocenters. The number of para-hydroxylation sites is 1. The number of halogens is 5. The van der Waals surface area contributed by atoms with Crippen molar-refractivity contribution in [3.63, 3.8) is 0 Å². The van der Waals surface area contributed by atoms with Crippen molar-refractivity contribution < 1.29 is 27.8 Å². The summed E-state index contributed by atoms with van der Waals surface area (Å²) in [7, 11) is 1.33. The number of methoxy groups -OCH3 is 1. The summed E-state index contributed by atoms with van der Waals surface area (Å²) in [6.45, 7) is 1.71. The zero-order valence-electron chi connectivity index (χ0n) is 17.4. The van der Waals surface area contributed by atoms with Gasteiger partial charge in [-0.2, -0.15) is 13.2 Å². The first-order chi connectivity index (χ1) is 15.4. The van der Waals surface area contributed by atoms with Crippen molar-refractivity contribution >= 4 is 40.5 Å². The average molecular weight is 499 g/mol. The highest BCUT2D eigenvalue weighted by Gasteiger charge is 2.56. The molecule has 0 spiro atoms. The summed E-state index contributed by atoms with van der Waals surface area (Å²) >= 11 is 12.4. The number of hydrogen-bond acceptors (Lipinski definition) is 4. The standard InChI is InChI=1S/C23H19Cl2F3N2O3/c1-12-6-8-13(9-7-12)22(32,23(26,27)28)14-10-16(24)19(17(25)11-14)30-21(31)15-4-3-5-18(29)20(15)33-2/h3-11,32H,29H2,1-2H3,(H,30,31). The Balaban J connectivity index is 2.06. The molecule has 0 fully saturated rings. The summed E-state index contributed by atoms with van der Waals surface area (Å²) in [6.07, 6.45) is -5.09. The molecule has 0 radical (unpaired) electrons. The first kappa shape index (κ1) is 24.7. The third kappa shape index (κ3) is 4.59. The Hall–Kier alpha value is -2.94. The van der Waals surface area contributed by atoms with Crippen LogP contribution in [0.2, 0.25) is 10.0 Å². The molecule has 5 nitrogen and oxygen atoms in total. The summed E-state index contributed by atoms with van der Waals surface area (Å²) in [5.41, 5.74) is 2.28. The molecule has 0 saturated carbocycles. The maximum Gasteiger partial charge on any atom is 0.425 e. The Bertz CT molecular complexity index is 1180. The molecular formula is C23H19Cl2F3N2O3. The number of carbonyl (C=O) groups is 1. The summed E-state index contributed by atoms with van der Waals surface area (Å²) in [5, 5.41) is 12.7. The van der Waals surface area contributed by atoms with Gasteiger partial charge < -0.3 is 20.9 Å². The van der Waals surface area contributed by atoms with Gasteiger partial charge in [0.1, 0.15) is 0 Å². The number of carbonyl (C=O) groups excluding carboxylic acids is 1. The molecule has 1 amide bonds. The lowest BCUT2D eigenvalue weighted by Crippen LogP contribution is -2.43. The van der Waals surface area contributed by atoms with Crippen LogP contribution in [-0.4, -0.2) is 24.3 Å². The van der Waals surface area contributed by atoms with E-state index in [0.717, 1.165) is 17.7 Å². The van der Waals surface area contributed by atoms with Gasteiger partial charge >= 0.3 is 6.18 Å². The third-order valence-electron chi connectivity index (χ3n) is 5.07. The van der Waals surface area contributed by atoms with Gasteiger partial charge in [-0.15, -0.1) is 0 Å². The molecule has 0 bridgehead atoms. The van der Waals surface area contributed by atoms with Gasteiger partial charge in [0.05, 0.1) is 34.1 Å². The number of nitrogens with one attached hydrogen (secondary N) is 1. The maximum absolute atomic E-state index is 14.1. The van der Waals surface area contributed by atoms with Crippen LogP contribution in [0.5, 0.6) is 5.75 Å². The normalized spacial score (nSPS) is 13.3. The van der Waals surface area contributed by atoms with Crippen LogP contribution in [0.1, 0.15) is 27.0 Å². The molecule has 3 aromatic carbocycles. The molecule has 0 aliphatic heterocycles. The Morgan fingerprint density at radius 1 is 1.03 bits per heavy atom. The summed E-state index contributed by atoms with van der Waals surface area (Å²) < 4.78 is 47.3. The topological polar surface area (TPSA) is 84.6 Å². The van der Waals surface area contributed by atoms with Gasteiger partial charge in [0, 0.05) is 5.56 Å².